The molecule has 2 aromatic heterocycles. The van der Waals surface area contributed by atoms with Gasteiger partial charge in [0.2, 0.25) is 5.88 Å². The van der Waals surface area contributed by atoms with Crippen LogP contribution in [-0.2, 0) is 6.54 Å². The normalized spacial score (nSPS) is 22.6. The zero-order valence-corrected chi connectivity index (χ0v) is 20.2. The van der Waals surface area contributed by atoms with Crippen molar-refractivity contribution in [2.75, 3.05) is 20.1 Å². The minimum atomic E-state index is 0. The molecule has 0 spiro atoms. The van der Waals surface area contributed by atoms with Crippen LogP contribution in [0.3, 0.4) is 0 Å². The summed E-state index contributed by atoms with van der Waals surface area (Å²) in [5.41, 5.74) is 1.16. The van der Waals surface area contributed by atoms with Crippen molar-refractivity contribution in [1.82, 2.24) is 24.8 Å². The summed E-state index contributed by atoms with van der Waals surface area (Å²) in [6.07, 6.45) is 13.9. The zero-order valence-electron chi connectivity index (χ0n) is 17.9. The molecule has 2 aromatic rings. The molecule has 2 fully saturated rings. The maximum atomic E-state index is 6.04. The average Bonchev–Trinajstić information content (AvgIpc) is 3.44. The van der Waals surface area contributed by atoms with E-state index in [0.29, 0.717) is 24.6 Å². The van der Waals surface area contributed by atoms with Gasteiger partial charge in [-0.2, -0.15) is 0 Å². The minimum Gasteiger partial charge on any atom is -0.474 e. The van der Waals surface area contributed by atoms with Crippen molar-refractivity contribution in [3.63, 3.8) is 0 Å². The topological polar surface area (TPSA) is 67.6 Å². The highest BCUT2D eigenvalue weighted by molar-refractivity contribution is 14.0. The van der Waals surface area contributed by atoms with Crippen LogP contribution in [-0.4, -0.2) is 51.6 Å². The molecule has 30 heavy (non-hydrogen) atoms. The average molecular weight is 524 g/mol. The Kier molecular flexibility index (Phi) is 8.35. The summed E-state index contributed by atoms with van der Waals surface area (Å²) >= 11 is 0. The number of likely N-dealkylation sites (tertiary alicyclic amines) is 1. The van der Waals surface area contributed by atoms with Crippen molar-refractivity contribution in [3.05, 3.63) is 42.6 Å². The second-order valence-electron chi connectivity index (χ2n) is 8.22. The molecule has 2 atom stereocenters. The summed E-state index contributed by atoms with van der Waals surface area (Å²) in [5.74, 6) is 2.30. The van der Waals surface area contributed by atoms with E-state index in [1.807, 2.05) is 37.9 Å². The van der Waals surface area contributed by atoms with Crippen molar-refractivity contribution >= 4 is 29.9 Å². The Bertz CT molecular complexity index is 806. The number of guanidine groups is 1. The zero-order chi connectivity index (χ0) is 20.1. The van der Waals surface area contributed by atoms with Crippen LogP contribution in [0.25, 0.3) is 0 Å². The van der Waals surface area contributed by atoms with Gasteiger partial charge in [-0.3, -0.25) is 4.99 Å². The van der Waals surface area contributed by atoms with Crippen LogP contribution in [0, 0.1) is 5.92 Å². The van der Waals surface area contributed by atoms with Crippen LogP contribution in [0.15, 0.2) is 42.0 Å². The number of hydrogen-bond acceptors (Lipinski definition) is 4. The molecule has 2 aliphatic rings. The van der Waals surface area contributed by atoms with E-state index in [-0.39, 0.29) is 24.0 Å². The molecule has 0 aromatic carbocycles. The van der Waals surface area contributed by atoms with E-state index >= 15 is 0 Å². The van der Waals surface area contributed by atoms with Crippen molar-refractivity contribution in [2.24, 2.45) is 10.9 Å². The number of hydrogen-bond donors (Lipinski definition) is 1. The van der Waals surface area contributed by atoms with E-state index in [4.69, 9.17) is 4.74 Å². The molecule has 1 saturated carbocycles. The second-order valence-corrected chi connectivity index (χ2v) is 8.22. The molecule has 164 valence electrons. The molecule has 3 heterocycles. The number of piperidine rings is 1. The smallest absolute Gasteiger partial charge is 0.213 e. The number of pyridine rings is 1. The van der Waals surface area contributed by atoms with Gasteiger partial charge >= 0.3 is 0 Å². The highest BCUT2D eigenvalue weighted by Crippen LogP contribution is 2.27. The van der Waals surface area contributed by atoms with Gasteiger partial charge in [-0.15, -0.1) is 24.0 Å². The van der Waals surface area contributed by atoms with E-state index in [1.165, 1.54) is 12.8 Å². The first kappa shape index (κ1) is 22.8. The molecule has 0 radical (unpaired) electrons. The van der Waals surface area contributed by atoms with E-state index in [0.717, 1.165) is 49.8 Å². The second kappa shape index (κ2) is 11.0. The molecule has 8 heteroatoms. The highest BCUT2D eigenvalue weighted by atomic mass is 127. The quantitative estimate of drug-likeness (QED) is 0.366. The molecule has 2 unspecified atom stereocenters. The Morgan fingerprint density at radius 1 is 1.27 bits per heavy atom. The molecular weight excluding hydrogens is 491 g/mol. The number of imidazole rings is 1. The third-order valence-electron chi connectivity index (χ3n) is 6.18. The molecule has 7 nitrogen and oxygen atoms in total. The fourth-order valence-corrected chi connectivity index (χ4v) is 4.41. The fraction of sp³-hybridized carbons (Fsp3) is 0.591. The number of aliphatic imine (C=N–C) groups is 1. The van der Waals surface area contributed by atoms with Gasteiger partial charge in [0.25, 0.3) is 0 Å². The van der Waals surface area contributed by atoms with E-state index < -0.39 is 0 Å². The SMILES string of the molecule is CN=C(NCc1ccnc(OC2CCCC2)c1)N1CCC(C)C(n2ccnc2)C1.I. The van der Waals surface area contributed by atoms with E-state index in [1.54, 1.807) is 0 Å². The van der Waals surface area contributed by atoms with Gasteiger partial charge in [-0.1, -0.05) is 6.92 Å². The molecule has 1 aliphatic carbocycles. The van der Waals surface area contributed by atoms with Gasteiger partial charge in [0, 0.05) is 51.3 Å². The lowest BCUT2D eigenvalue weighted by molar-refractivity contribution is 0.189. The number of rotatable bonds is 5. The van der Waals surface area contributed by atoms with Gasteiger partial charge in [-0.05, 0) is 49.7 Å². The summed E-state index contributed by atoms with van der Waals surface area (Å²) < 4.78 is 8.27. The third-order valence-corrected chi connectivity index (χ3v) is 6.18. The molecule has 0 bridgehead atoms. The van der Waals surface area contributed by atoms with Crippen LogP contribution in [0.4, 0.5) is 0 Å². The van der Waals surface area contributed by atoms with Gasteiger partial charge in [0.15, 0.2) is 5.96 Å². The predicted octanol–water partition coefficient (Wildman–Crippen LogP) is 3.88. The summed E-state index contributed by atoms with van der Waals surface area (Å²) in [6, 6.07) is 4.50. The highest BCUT2D eigenvalue weighted by Gasteiger charge is 2.28. The van der Waals surface area contributed by atoms with Crippen LogP contribution in [0.5, 0.6) is 5.88 Å². The number of aromatic nitrogens is 3. The standard InChI is InChI=1S/C22H32N6O.HI/c1-17-8-11-27(15-20(17)28-12-10-24-16-28)22(23-2)26-14-18-7-9-25-21(13-18)29-19-5-3-4-6-19;/h7,9-10,12-13,16-17,19-20H,3-6,8,11,14-15H2,1-2H3,(H,23,26);1H. The van der Waals surface area contributed by atoms with Gasteiger partial charge < -0.3 is 19.5 Å². The Morgan fingerprint density at radius 2 is 2.10 bits per heavy atom. The van der Waals surface area contributed by atoms with E-state index in [9.17, 15) is 0 Å². The van der Waals surface area contributed by atoms with Crippen molar-refractivity contribution < 1.29 is 4.74 Å². The largest absolute Gasteiger partial charge is 0.474 e. The van der Waals surface area contributed by atoms with Crippen LogP contribution >= 0.6 is 24.0 Å². The van der Waals surface area contributed by atoms with Crippen molar-refractivity contribution in [3.8, 4) is 5.88 Å². The Labute approximate surface area is 196 Å². The maximum Gasteiger partial charge on any atom is 0.213 e. The maximum absolute atomic E-state index is 6.04. The Balaban J connectivity index is 0.00000256. The van der Waals surface area contributed by atoms with Crippen molar-refractivity contribution in [2.45, 2.75) is 57.7 Å². The van der Waals surface area contributed by atoms with E-state index in [2.05, 4.69) is 42.9 Å². The van der Waals surface area contributed by atoms with Crippen LogP contribution in [0.1, 0.15) is 50.6 Å². The Hall–Kier alpha value is -1.84. The first-order valence-corrected chi connectivity index (χ1v) is 10.8. The summed E-state index contributed by atoms with van der Waals surface area (Å²) in [7, 11) is 1.85. The molecular formula is C22H33IN6O. The molecule has 4 rings (SSSR count). The lowest BCUT2D eigenvalue weighted by Crippen LogP contribution is -2.48. The monoisotopic (exact) mass is 524 g/mol. The first-order valence-electron chi connectivity index (χ1n) is 10.8. The molecule has 0 amide bonds. The predicted molar refractivity (Wildman–Crippen MR) is 129 cm³/mol. The van der Waals surface area contributed by atoms with Crippen molar-refractivity contribution in [1.29, 1.82) is 0 Å². The number of halogens is 1. The molecule has 1 aliphatic heterocycles. The van der Waals surface area contributed by atoms with Gasteiger partial charge in [0.1, 0.15) is 6.10 Å². The lowest BCUT2D eigenvalue weighted by atomic mass is 9.93. The minimum absolute atomic E-state index is 0. The summed E-state index contributed by atoms with van der Waals surface area (Å²) in [5, 5.41) is 3.52. The number of nitrogens with zero attached hydrogens (tertiary/aromatic N) is 5. The summed E-state index contributed by atoms with van der Waals surface area (Å²) in [6.45, 7) is 4.97. The fourth-order valence-electron chi connectivity index (χ4n) is 4.41. The first-order chi connectivity index (χ1) is 14.2. The Morgan fingerprint density at radius 3 is 2.83 bits per heavy atom. The molecule has 1 saturated heterocycles. The number of nitrogens with one attached hydrogen (secondary N) is 1. The number of ether oxygens (including phenoxy) is 1. The lowest BCUT2D eigenvalue weighted by Gasteiger charge is -2.39. The van der Waals surface area contributed by atoms with Crippen LogP contribution < -0.4 is 10.1 Å². The van der Waals surface area contributed by atoms with Gasteiger partial charge in [0.05, 0.1) is 12.4 Å². The molecule has 1 N–H and O–H groups in total. The van der Waals surface area contributed by atoms with Gasteiger partial charge in [-0.25, -0.2) is 9.97 Å². The summed E-state index contributed by atoms with van der Waals surface area (Å²) in [4.78, 5) is 15.5. The van der Waals surface area contributed by atoms with Crippen LogP contribution in [0.2, 0.25) is 0 Å². The third kappa shape index (κ3) is 5.65.